The summed E-state index contributed by atoms with van der Waals surface area (Å²) in [5, 5.41) is 5.73. The van der Waals surface area contributed by atoms with E-state index in [1.165, 1.54) is 41.8 Å². The quantitative estimate of drug-likeness (QED) is 0.899. The van der Waals surface area contributed by atoms with Crippen LogP contribution in [0.5, 0.6) is 0 Å². The molecule has 1 aliphatic rings. The number of hydrogen-bond donors (Lipinski definition) is 1. The van der Waals surface area contributed by atoms with Crippen LogP contribution < -0.4 is 5.32 Å². The second-order valence-electron chi connectivity index (χ2n) is 4.52. The minimum Gasteiger partial charge on any atom is -0.308 e. The largest absolute Gasteiger partial charge is 0.308 e. The molecule has 1 N–H and O–H groups in total. The summed E-state index contributed by atoms with van der Waals surface area (Å²) in [6, 6.07) is 2.78. The summed E-state index contributed by atoms with van der Waals surface area (Å²) in [5.41, 5.74) is 0. The van der Waals surface area contributed by atoms with E-state index >= 15 is 0 Å². The molecule has 1 fully saturated rings. The van der Waals surface area contributed by atoms with Gasteiger partial charge in [0, 0.05) is 33.9 Å². The zero-order chi connectivity index (χ0) is 11.4. The molecule has 0 amide bonds. The first-order valence-electron chi connectivity index (χ1n) is 5.92. The van der Waals surface area contributed by atoms with Gasteiger partial charge in [0.1, 0.15) is 0 Å². The van der Waals surface area contributed by atoms with Gasteiger partial charge in [0.2, 0.25) is 0 Å². The Morgan fingerprint density at radius 2 is 2.25 bits per heavy atom. The molecule has 0 radical (unpaired) electrons. The van der Waals surface area contributed by atoms with Crippen molar-refractivity contribution in [1.29, 1.82) is 0 Å². The lowest BCUT2D eigenvalue weighted by Gasteiger charge is -2.20. The summed E-state index contributed by atoms with van der Waals surface area (Å²) in [6.07, 6.45) is 2.76. The molecule has 0 aromatic carbocycles. The molecule has 0 spiro atoms. The fourth-order valence-electron chi connectivity index (χ4n) is 2.14. The van der Waals surface area contributed by atoms with Crippen LogP contribution in [0.2, 0.25) is 0 Å². The van der Waals surface area contributed by atoms with Crippen molar-refractivity contribution in [3.05, 3.63) is 20.8 Å². The Labute approximate surface area is 110 Å². The average molecular weight is 303 g/mol. The summed E-state index contributed by atoms with van der Waals surface area (Å²) < 4.78 is 1.20. The van der Waals surface area contributed by atoms with Crippen molar-refractivity contribution in [3.63, 3.8) is 0 Å². The molecule has 90 valence electrons. The van der Waals surface area contributed by atoms with Gasteiger partial charge < -0.3 is 10.2 Å². The Bertz CT molecular complexity index is 321. The first-order valence-corrected chi connectivity index (χ1v) is 7.60. The van der Waals surface area contributed by atoms with Gasteiger partial charge in [-0.2, -0.15) is 0 Å². The SMILES string of the molecule is CC(CN1CCCC1)NCc1cc(Br)cs1. The molecule has 1 saturated heterocycles. The molecule has 0 saturated carbocycles. The van der Waals surface area contributed by atoms with E-state index in [0.717, 1.165) is 6.54 Å². The predicted molar refractivity (Wildman–Crippen MR) is 74.0 cm³/mol. The molecular weight excluding hydrogens is 284 g/mol. The minimum atomic E-state index is 0.582. The van der Waals surface area contributed by atoms with Crippen LogP contribution in [0.3, 0.4) is 0 Å². The molecule has 0 bridgehead atoms. The lowest BCUT2D eigenvalue weighted by molar-refractivity contribution is 0.298. The summed E-state index contributed by atoms with van der Waals surface area (Å²) in [5.74, 6) is 0. The fourth-order valence-corrected chi connectivity index (χ4v) is 3.54. The highest BCUT2D eigenvalue weighted by Gasteiger charge is 2.14. The van der Waals surface area contributed by atoms with Crippen LogP contribution in [0, 0.1) is 0 Å². The van der Waals surface area contributed by atoms with Crippen molar-refractivity contribution in [1.82, 2.24) is 10.2 Å². The van der Waals surface area contributed by atoms with Gasteiger partial charge >= 0.3 is 0 Å². The summed E-state index contributed by atoms with van der Waals surface area (Å²) >= 11 is 5.30. The average Bonchev–Trinajstić information content (AvgIpc) is 2.87. The number of thiophene rings is 1. The molecule has 0 aliphatic carbocycles. The number of likely N-dealkylation sites (tertiary alicyclic amines) is 1. The first-order chi connectivity index (χ1) is 7.74. The third kappa shape index (κ3) is 3.84. The van der Waals surface area contributed by atoms with Crippen LogP contribution in [0.1, 0.15) is 24.6 Å². The maximum atomic E-state index is 3.59. The molecule has 2 rings (SSSR count). The number of nitrogens with one attached hydrogen (secondary N) is 1. The highest BCUT2D eigenvalue weighted by atomic mass is 79.9. The minimum absolute atomic E-state index is 0.582. The van der Waals surface area contributed by atoms with Crippen molar-refractivity contribution >= 4 is 27.3 Å². The summed E-state index contributed by atoms with van der Waals surface area (Å²) in [7, 11) is 0. The van der Waals surface area contributed by atoms with Crippen LogP contribution in [0.4, 0.5) is 0 Å². The smallest absolute Gasteiger partial charge is 0.0303 e. The normalized spacial score (nSPS) is 19.1. The van der Waals surface area contributed by atoms with Crippen molar-refractivity contribution in [2.45, 2.75) is 32.4 Å². The molecule has 1 aromatic heterocycles. The van der Waals surface area contributed by atoms with E-state index in [0.29, 0.717) is 6.04 Å². The highest BCUT2D eigenvalue weighted by molar-refractivity contribution is 9.10. The predicted octanol–water partition coefficient (Wildman–Crippen LogP) is 3.08. The number of hydrogen-bond acceptors (Lipinski definition) is 3. The van der Waals surface area contributed by atoms with Crippen LogP contribution in [-0.2, 0) is 6.54 Å². The Hall–Kier alpha value is 0.1000. The number of nitrogens with zero attached hydrogens (tertiary/aromatic N) is 1. The van der Waals surface area contributed by atoms with E-state index in [4.69, 9.17) is 0 Å². The Kier molecular flexibility index (Phi) is 4.82. The van der Waals surface area contributed by atoms with Gasteiger partial charge in [-0.3, -0.25) is 0 Å². The maximum absolute atomic E-state index is 3.59. The lowest BCUT2D eigenvalue weighted by Crippen LogP contribution is -2.37. The molecule has 1 aromatic rings. The molecule has 1 unspecified atom stereocenters. The second kappa shape index (κ2) is 6.15. The van der Waals surface area contributed by atoms with Crippen LogP contribution in [-0.4, -0.2) is 30.6 Å². The molecular formula is C12H19BrN2S. The molecule has 4 heteroatoms. The topological polar surface area (TPSA) is 15.3 Å². The van der Waals surface area contributed by atoms with Crippen LogP contribution >= 0.6 is 27.3 Å². The Morgan fingerprint density at radius 1 is 1.50 bits per heavy atom. The van der Waals surface area contributed by atoms with Gasteiger partial charge in [-0.15, -0.1) is 11.3 Å². The van der Waals surface area contributed by atoms with Crippen molar-refractivity contribution in [3.8, 4) is 0 Å². The Morgan fingerprint density at radius 3 is 2.88 bits per heavy atom. The second-order valence-corrected chi connectivity index (χ2v) is 6.43. The van der Waals surface area contributed by atoms with E-state index in [1.54, 1.807) is 0 Å². The third-order valence-electron chi connectivity index (χ3n) is 2.98. The molecule has 1 aliphatic heterocycles. The van der Waals surface area contributed by atoms with Crippen molar-refractivity contribution in [2.75, 3.05) is 19.6 Å². The van der Waals surface area contributed by atoms with Gasteiger partial charge in [-0.05, 0) is 54.9 Å². The monoisotopic (exact) mass is 302 g/mol. The van der Waals surface area contributed by atoms with Gasteiger partial charge in [0.15, 0.2) is 0 Å². The van der Waals surface area contributed by atoms with Gasteiger partial charge in [-0.25, -0.2) is 0 Å². The van der Waals surface area contributed by atoms with Crippen molar-refractivity contribution < 1.29 is 0 Å². The van der Waals surface area contributed by atoms with Gasteiger partial charge in [0.25, 0.3) is 0 Å². The van der Waals surface area contributed by atoms with Crippen molar-refractivity contribution in [2.24, 2.45) is 0 Å². The molecule has 2 nitrogen and oxygen atoms in total. The van der Waals surface area contributed by atoms with Gasteiger partial charge in [0.05, 0.1) is 0 Å². The number of halogens is 1. The number of rotatable bonds is 5. The first kappa shape index (κ1) is 12.6. The van der Waals surface area contributed by atoms with E-state index in [9.17, 15) is 0 Å². The van der Waals surface area contributed by atoms with E-state index in [2.05, 4.69) is 44.5 Å². The lowest BCUT2D eigenvalue weighted by atomic mass is 10.3. The molecule has 16 heavy (non-hydrogen) atoms. The van der Waals surface area contributed by atoms with Crippen LogP contribution in [0.15, 0.2) is 15.9 Å². The van der Waals surface area contributed by atoms with E-state index < -0.39 is 0 Å². The third-order valence-corrected chi connectivity index (χ3v) is 4.67. The highest BCUT2D eigenvalue weighted by Crippen LogP contribution is 2.19. The maximum Gasteiger partial charge on any atom is 0.0303 e. The summed E-state index contributed by atoms with van der Waals surface area (Å²) in [4.78, 5) is 3.96. The van der Waals surface area contributed by atoms with E-state index in [1.807, 2.05) is 11.3 Å². The molecule has 1 atom stereocenters. The Balaban J connectivity index is 1.68. The zero-order valence-corrected chi connectivity index (χ0v) is 12.1. The zero-order valence-electron chi connectivity index (χ0n) is 9.71. The fraction of sp³-hybridized carbons (Fsp3) is 0.667. The van der Waals surface area contributed by atoms with Crippen LogP contribution in [0.25, 0.3) is 0 Å². The molecule has 2 heterocycles. The summed E-state index contributed by atoms with van der Waals surface area (Å²) in [6.45, 7) is 7.03. The van der Waals surface area contributed by atoms with Gasteiger partial charge in [-0.1, -0.05) is 0 Å². The standard InChI is InChI=1S/C12H19BrN2S/c1-10(8-15-4-2-3-5-15)14-7-12-6-11(13)9-16-12/h6,9-10,14H,2-5,7-8H2,1H3. The van der Waals surface area contributed by atoms with E-state index in [-0.39, 0.29) is 0 Å².